The van der Waals surface area contributed by atoms with E-state index in [1.807, 2.05) is 18.2 Å². The third kappa shape index (κ3) is 3.87. The average Bonchev–Trinajstić information content (AvgIpc) is 2.28. The number of hydrogen-bond donors (Lipinski definition) is 2. The van der Waals surface area contributed by atoms with Crippen LogP contribution in [0.2, 0.25) is 5.02 Å². The van der Waals surface area contributed by atoms with Crippen molar-refractivity contribution in [3.63, 3.8) is 0 Å². The summed E-state index contributed by atoms with van der Waals surface area (Å²) in [5.74, 6) is 0. The summed E-state index contributed by atoms with van der Waals surface area (Å²) in [5.41, 5.74) is 1.76. The van der Waals surface area contributed by atoms with Gasteiger partial charge in [-0.15, -0.1) is 0 Å². The molecular weight excluding hydrogens is 250 g/mol. The van der Waals surface area contributed by atoms with Crippen molar-refractivity contribution in [1.82, 2.24) is 0 Å². The second-order valence-corrected chi connectivity index (χ2v) is 5.15. The molecule has 0 aliphatic carbocycles. The Morgan fingerprint density at radius 2 is 1.94 bits per heavy atom. The highest BCUT2D eigenvalue weighted by atomic mass is 35.5. The SMILES string of the molecule is CC(O)c1ccc(N(CCCO)C(C)C)cc1Cl. The van der Waals surface area contributed by atoms with Gasteiger partial charge in [0, 0.05) is 29.9 Å². The molecule has 1 unspecified atom stereocenters. The maximum Gasteiger partial charge on any atom is 0.0776 e. The van der Waals surface area contributed by atoms with E-state index in [0.717, 1.165) is 24.2 Å². The van der Waals surface area contributed by atoms with Gasteiger partial charge in [0.2, 0.25) is 0 Å². The van der Waals surface area contributed by atoms with Gasteiger partial charge >= 0.3 is 0 Å². The van der Waals surface area contributed by atoms with Crippen LogP contribution in [0.1, 0.15) is 38.9 Å². The Balaban J connectivity index is 2.95. The second kappa shape index (κ2) is 6.98. The van der Waals surface area contributed by atoms with Gasteiger partial charge in [-0.2, -0.15) is 0 Å². The number of benzene rings is 1. The molecule has 4 heteroatoms. The van der Waals surface area contributed by atoms with Crippen molar-refractivity contribution in [2.24, 2.45) is 0 Å². The monoisotopic (exact) mass is 271 g/mol. The number of hydrogen-bond acceptors (Lipinski definition) is 3. The minimum absolute atomic E-state index is 0.183. The lowest BCUT2D eigenvalue weighted by atomic mass is 10.1. The highest BCUT2D eigenvalue weighted by molar-refractivity contribution is 6.31. The summed E-state index contributed by atoms with van der Waals surface area (Å²) in [6.07, 6.45) is 0.171. The van der Waals surface area contributed by atoms with Gasteiger partial charge in [0.1, 0.15) is 0 Å². The predicted molar refractivity (Wildman–Crippen MR) is 76.3 cm³/mol. The van der Waals surface area contributed by atoms with Crippen LogP contribution >= 0.6 is 11.6 Å². The molecule has 0 saturated heterocycles. The van der Waals surface area contributed by atoms with Crippen molar-refractivity contribution in [1.29, 1.82) is 0 Å². The molecule has 102 valence electrons. The fourth-order valence-electron chi connectivity index (χ4n) is 1.96. The first-order valence-corrected chi connectivity index (χ1v) is 6.70. The summed E-state index contributed by atoms with van der Waals surface area (Å²) in [6, 6.07) is 6.04. The molecular formula is C14H22ClNO2. The van der Waals surface area contributed by atoms with Crippen molar-refractivity contribution in [2.45, 2.75) is 39.3 Å². The molecule has 1 atom stereocenters. The summed E-state index contributed by atoms with van der Waals surface area (Å²) < 4.78 is 0. The first-order valence-electron chi connectivity index (χ1n) is 6.32. The van der Waals surface area contributed by atoms with Gasteiger partial charge in [0.25, 0.3) is 0 Å². The van der Waals surface area contributed by atoms with Crippen LogP contribution in [-0.4, -0.2) is 29.4 Å². The molecule has 0 spiro atoms. The standard InChI is InChI=1S/C14H22ClNO2/c1-10(2)16(7-4-8-17)12-5-6-13(11(3)18)14(15)9-12/h5-6,9-11,17-18H,4,7-8H2,1-3H3. The minimum Gasteiger partial charge on any atom is -0.396 e. The molecule has 0 aliphatic heterocycles. The predicted octanol–water partition coefficient (Wildman–Crippen LogP) is 2.99. The largest absolute Gasteiger partial charge is 0.396 e. The Morgan fingerprint density at radius 3 is 2.39 bits per heavy atom. The van der Waals surface area contributed by atoms with Gasteiger partial charge in [-0.05, 0) is 44.9 Å². The van der Waals surface area contributed by atoms with E-state index in [4.69, 9.17) is 16.7 Å². The lowest BCUT2D eigenvalue weighted by molar-refractivity contribution is 0.199. The maximum atomic E-state index is 9.55. The van der Waals surface area contributed by atoms with E-state index >= 15 is 0 Å². The summed E-state index contributed by atoms with van der Waals surface area (Å²) in [5, 5.41) is 19.1. The third-order valence-electron chi connectivity index (χ3n) is 2.95. The average molecular weight is 272 g/mol. The number of aliphatic hydroxyl groups excluding tert-OH is 2. The number of halogens is 1. The fraction of sp³-hybridized carbons (Fsp3) is 0.571. The van der Waals surface area contributed by atoms with E-state index in [9.17, 15) is 5.11 Å². The van der Waals surface area contributed by atoms with Crippen LogP contribution < -0.4 is 4.90 Å². The summed E-state index contributed by atoms with van der Waals surface area (Å²) in [6.45, 7) is 6.88. The molecule has 0 amide bonds. The number of aliphatic hydroxyl groups is 2. The normalized spacial score (nSPS) is 12.8. The molecule has 0 fully saturated rings. The molecule has 1 aromatic carbocycles. The lowest BCUT2D eigenvalue weighted by Gasteiger charge is -2.29. The van der Waals surface area contributed by atoms with Gasteiger partial charge in [-0.25, -0.2) is 0 Å². The smallest absolute Gasteiger partial charge is 0.0776 e. The number of nitrogens with zero attached hydrogens (tertiary/aromatic N) is 1. The Bertz CT molecular complexity index is 380. The van der Waals surface area contributed by atoms with Crippen molar-refractivity contribution < 1.29 is 10.2 Å². The molecule has 3 nitrogen and oxygen atoms in total. The summed E-state index contributed by atoms with van der Waals surface area (Å²) >= 11 is 6.17. The zero-order valence-electron chi connectivity index (χ0n) is 11.2. The third-order valence-corrected chi connectivity index (χ3v) is 3.27. The van der Waals surface area contributed by atoms with Crippen LogP contribution in [0.5, 0.6) is 0 Å². The van der Waals surface area contributed by atoms with Crippen LogP contribution in [0.25, 0.3) is 0 Å². The molecule has 0 bridgehead atoms. The van der Waals surface area contributed by atoms with Gasteiger partial charge in [-0.1, -0.05) is 17.7 Å². The van der Waals surface area contributed by atoms with Gasteiger partial charge in [-0.3, -0.25) is 0 Å². The molecule has 1 rings (SSSR count). The molecule has 0 heterocycles. The molecule has 18 heavy (non-hydrogen) atoms. The Hall–Kier alpha value is -0.770. The van der Waals surface area contributed by atoms with Crippen molar-refractivity contribution in [3.05, 3.63) is 28.8 Å². The molecule has 0 saturated carbocycles. The van der Waals surface area contributed by atoms with E-state index in [1.165, 1.54) is 0 Å². The van der Waals surface area contributed by atoms with Crippen molar-refractivity contribution in [3.8, 4) is 0 Å². The number of rotatable bonds is 6. The van der Waals surface area contributed by atoms with Gasteiger partial charge in [0.05, 0.1) is 6.10 Å². The van der Waals surface area contributed by atoms with Crippen LogP contribution in [0.15, 0.2) is 18.2 Å². The van der Waals surface area contributed by atoms with Crippen LogP contribution in [0.4, 0.5) is 5.69 Å². The summed E-state index contributed by atoms with van der Waals surface area (Å²) in [7, 11) is 0. The van der Waals surface area contributed by atoms with E-state index in [0.29, 0.717) is 11.1 Å². The first kappa shape index (κ1) is 15.3. The zero-order valence-corrected chi connectivity index (χ0v) is 12.0. The van der Waals surface area contributed by atoms with Gasteiger partial charge < -0.3 is 15.1 Å². The Morgan fingerprint density at radius 1 is 1.28 bits per heavy atom. The van der Waals surface area contributed by atoms with E-state index in [1.54, 1.807) is 6.92 Å². The molecule has 1 aromatic rings. The Kier molecular flexibility index (Phi) is 5.93. The maximum absolute atomic E-state index is 9.55. The van der Waals surface area contributed by atoms with Crippen LogP contribution in [0.3, 0.4) is 0 Å². The fourth-order valence-corrected chi connectivity index (χ4v) is 2.29. The van der Waals surface area contributed by atoms with E-state index in [2.05, 4.69) is 18.7 Å². The topological polar surface area (TPSA) is 43.7 Å². The van der Waals surface area contributed by atoms with Gasteiger partial charge in [0.15, 0.2) is 0 Å². The molecule has 0 aliphatic rings. The van der Waals surface area contributed by atoms with Crippen molar-refractivity contribution in [2.75, 3.05) is 18.1 Å². The summed E-state index contributed by atoms with van der Waals surface area (Å²) in [4.78, 5) is 2.19. The molecule has 0 radical (unpaired) electrons. The lowest BCUT2D eigenvalue weighted by Crippen LogP contribution is -2.32. The van der Waals surface area contributed by atoms with Crippen LogP contribution in [0, 0.1) is 0 Å². The van der Waals surface area contributed by atoms with E-state index in [-0.39, 0.29) is 6.61 Å². The van der Waals surface area contributed by atoms with Crippen molar-refractivity contribution >= 4 is 17.3 Å². The second-order valence-electron chi connectivity index (χ2n) is 4.75. The Labute approximate surface area is 114 Å². The highest BCUT2D eigenvalue weighted by Crippen LogP contribution is 2.28. The first-order chi connectivity index (χ1) is 8.47. The zero-order chi connectivity index (χ0) is 13.7. The van der Waals surface area contributed by atoms with E-state index < -0.39 is 6.10 Å². The highest BCUT2D eigenvalue weighted by Gasteiger charge is 2.13. The number of anilines is 1. The van der Waals surface area contributed by atoms with Crippen LogP contribution in [-0.2, 0) is 0 Å². The molecule has 0 aromatic heterocycles. The minimum atomic E-state index is -0.559. The quantitative estimate of drug-likeness (QED) is 0.836. The molecule has 2 N–H and O–H groups in total.